The molecule has 1 N–H and O–H groups in total. The molecule has 0 saturated heterocycles. The summed E-state index contributed by atoms with van der Waals surface area (Å²) in [5.74, 6) is 0.373. The van der Waals surface area contributed by atoms with Crippen LogP contribution in [0, 0.1) is 5.92 Å². The predicted molar refractivity (Wildman–Crippen MR) is 60.4 cm³/mol. The van der Waals surface area contributed by atoms with E-state index >= 15 is 0 Å². The first-order chi connectivity index (χ1) is 6.25. The molecule has 86 valence electrons. The molecule has 1 atom stereocenters. The van der Waals surface area contributed by atoms with Gasteiger partial charge in [-0.15, -0.1) is 0 Å². The van der Waals surface area contributed by atoms with Crippen LogP contribution in [0.15, 0.2) is 0 Å². The van der Waals surface area contributed by atoms with Gasteiger partial charge in [-0.3, -0.25) is 0 Å². The van der Waals surface area contributed by atoms with Crippen molar-refractivity contribution in [3.05, 3.63) is 0 Å². The maximum absolute atomic E-state index is 8.90. The van der Waals surface area contributed by atoms with E-state index in [0.29, 0.717) is 5.92 Å². The van der Waals surface area contributed by atoms with Crippen LogP contribution in [0.4, 0.5) is 0 Å². The molecule has 0 spiro atoms. The van der Waals surface area contributed by atoms with Crippen molar-refractivity contribution in [1.82, 2.24) is 0 Å². The summed E-state index contributed by atoms with van der Waals surface area (Å²) in [7, 11) is 0. The van der Waals surface area contributed by atoms with E-state index in [4.69, 9.17) is 9.84 Å². The van der Waals surface area contributed by atoms with Crippen LogP contribution in [-0.4, -0.2) is 22.9 Å². The number of aliphatic hydroxyl groups is 1. The third kappa shape index (κ3) is 4.43. The fourth-order valence-corrected chi connectivity index (χ4v) is 1.43. The highest BCUT2D eigenvalue weighted by molar-refractivity contribution is 4.81. The molecule has 0 aliphatic rings. The lowest BCUT2D eigenvalue weighted by molar-refractivity contribution is -0.150. The van der Waals surface area contributed by atoms with Crippen molar-refractivity contribution in [3.63, 3.8) is 0 Å². The molecule has 0 aromatic rings. The molecule has 0 heterocycles. The van der Waals surface area contributed by atoms with E-state index in [1.54, 1.807) is 0 Å². The van der Waals surface area contributed by atoms with Gasteiger partial charge in [0.1, 0.15) is 0 Å². The predicted octanol–water partition coefficient (Wildman–Crippen LogP) is 2.99. The maximum atomic E-state index is 8.90. The van der Waals surface area contributed by atoms with E-state index in [-0.39, 0.29) is 17.8 Å². The average molecular weight is 202 g/mol. The zero-order valence-corrected chi connectivity index (χ0v) is 10.6. The summed E-state index contributed by atoms with van der Waals surface area (Å²) in [5.41, 5.74) is -0.241. The number of aliphatic hydroxyl groups excluding tert-OH is 1. The van der Waals surface area contributed by atoms with Gasteiger partial charge >= 0.3 is 0 Å². The van der Waals surface area contributed by atoms with Gasteiger partial charge in [-0.05, 0) is 46.5 Å². The van der Waals surface area contributed by atoms with Crippen LogP contribution in [-0.2, 0) is 4.74 Å². The highest BCUT2D eigenvalue weighted by Gasteiger charge is 2.32. The first kappa shape index (κ1) is 13.9. The largest absolute Gasteiger partial charge is 0.396 e. The van der Waals surface area contributed by atoms with E-state index in [0.717, 1.165) is 12.8 Å². The molecular weight excluding hydrogens is 176 g/mol. The molecule has 0 saturated carbocycles. The minimum Gasteiger partial charge on any atom is -0.396 e. The monoisotopic (exact) mass is 202 g/mol. The fraction of sp³-hybridized carbons (Fsp3) is 1.00. The lowest BCUT2D eigenvalue weighted by Crippen LogP contribution is -2.41. The lowest BCUT2D eigenvalue weighted by atomic mass is 9.88. The van der Waals surface area contributed by atoms with Gasteiger partial charge in [0, 0.05) is 6.61 Å². The second-order valence-electron chi connectivity index (χ2n) is 5.23. The Hall–Kier alpha value is -0.0800. The maximum Gasteiger partial charge on any atom is 0.0660 e. The van der Waals surface area contributed by atoms with Crippen molar-refractivity contribution in [2.75, 3.05) is 6.61 Å². The first-order valence-electron chi connectivity index (χ1n) is 5.56. The molecule has 0 fully saturated rings. The number of hydrogen-bond donors (Lipinski definition) is 1. The van der Waals surface area contributed by atoms with E-state index < -0.39 is 0 Å². The van der Waals surface area contributed by atoms with Crippen LogP contribution >= 0.6 is 0 Å². The van der Waals surface area contributed by atoms with E-state index in [1.807, 2.05) is 0 Å². The Kier molecular flexibility index (Phi) is 5.10. The zero-order chi connectivity index (χ0) is 11.4. The summed E-state index contributed by atoms with van der Waals surface area (Å²) in [5, 5.41) is 8.90. The van der Waals surface area contributed by atoms with Gasteiger partial charge in [0.15, 0.2) is 0 Å². The summed E-state index contributed by atoms with van der Waals surface area (Å²) < 4.78 is 6.08. The van der Waals surface area contributed by atoms with Crippen molar-refractivity contribution in [3.8, 4) is 0 Å². The SMILES string of the molecule is CCC(C)(C)OC(C)(C)C(C)CCO. The summed E-state index contributed by atoms with van der Waals surface area (Å²) in [6.45, 7) is 12.9. The molecule has 0 aliphatic heterocycles. The Morgan fingerprint density at radius 3 is 2.07 bits per heavy atom. The standard InChI is InChI=1S/C12H26O2/c1-7-11(3,4)14-12(5,6)10(2)8-9-13/h10,13H,7-9H2,1-6H3. The molecule has 0 rings (SSSR count). The van der Waals surface area contributed by atoms with Crippen LogP contribution in [0.25, 0.3) is 0 Å². The van der Waals surface area contributed by atoms with Crippen LogP contribution in [0.3, 0.4) is 0 Å². The molecule has 1 unspecified atom stereocenters. The Balaban J connectivity index is 4.31. The first-order valence-corrected chi connectivity index (χ1v) is 5.56. The van der Waals surface area contributed by atoms with Crippen LogP contribution < -0.4 is 0 Å². The highest BCUT2D eigenvalue weighted by atomic mass is 16.5. The molecule has 0 aromatic heterocycles. The number of rotatable bonds is 6. The van der Waals surface area contributed by atoms with E-state index in [9.17, 15) is 0 Å². The number of hydrogen-bond acceptors (Lipinski definition) is 2. The molecule has 2 heteroatoms. The molecule has 0 amide bonds. The lowest BCUT2D eigenvalue weighted by Gasteiger charge is -2.39. The molecule has 0 radical (unpaired) electrons. The summed E-state index contributed by atoms with van der Waals surface area (Å²) >= 11 is 0. The molecular formula is C12H26O2. The summed E-state index contributed by atoms with van der Waals surface area (Å²) in [6, 6.07) is 0. The quantitative estimate of drug-likeness (QED) is 0.717. The van der Waals surface area contributed by atoms with Gasteiger partial charge in [0.05, 0.1) is 11.2 Å². The second kappa shape index (κ2) is 5.13. The normalized spacial score (nSPS) is 15.6. The van der Waals surface area contributed by atoms with Crippen molar-refractivity contribution in [1.29, 1.82) is 0 Å². The molecule has 14 heavy (non-hydrogen) atoms. The van der Waals surface area contributed by atoms with Crippen LogP contribution in [0.1, 0.15) is 54.4 Å². The van der Waals surface area contributed by atoms with Crippen molar-refractivity contribution < 1.29 is 9.84 Å². The van der Waals surface area contributed by atoms with Gasteiger partial charge in [-0.25, -0.2) is 0 Å². The molecule has 0 aliphatic carbocycles. The van der Waals surface area contributed by atoms with Crippen molar-refractivity contribution in [2.24, 2.45) is 5.92 Å². The Bertz CT molecular complexity index is 162. The summed E-state index contributed by atoms with van der Waals surface area (Å²) in [4.78, 5) is 0. The van der Waals surface area contributed by atoms with Crippen LogP contribution in [0.2, 0.25) is 0 Å². The smallest absolute Gasteiger partial charge is 0.0660 e. The molecule has 0 aromatic carbocycles. The second-order valence-corrected chi connectivity index (χ2v) is 5.23. The molecule has 0 bridgehead atoms. The van der Waals surface area contributed by atoms with Gasteiger partial charge in [-0.2, -0.15) is 0 Å². The highest BCUT2D eigenvalue weighted by Crippen LogP contribution is 2.30. The van der Waals surface area contributed by atoms with Crippen LogP contribution in [0.5, 0.6) is 0 Å². The topological polar surface area (TPSA) is 29.5 Å². The molecule has 2 nitrogen and oxygen atoms in total. The number of ether oxygens (including phenoxy) is 1. The minimum atomic E-state index is -0.164. The third-order valence-electron chi connectivity index (χ3n) is 3.14. The fourth-order valence-electron chi connectivity index (χ4n) is 1.43. The third-order valence-corrected chi connectivity index (χ3v) is 3.14. The minimum absolute atomic E-state index is 0.0762. The Labute approximate surface area is 88.7 Å². The van der Waals surface area contributed by atoms with Gasteiger partial charge in [-0.1, -0.05) is 13.8 Å². The Morgan fingerprint density at radius 1 is 1.21 bits per heavy atom. The van der Waals surface area contributed by atoms with E-state index in [1.165, 1.54) is 0 Å². The van der Waals surface area contributed by atoms with Gasteiger partial charge in [0.25, 0.3) is 0 Å². The van der Waals surface area contributed by atoms with Crippen molar-refractivity contribution >= 4 is 0 Å². The van der Waals surface area contributed by atoms with Crippen molar-refractivity contribution in [2.45, 2.75) is 65.6 Å². The summed E-state index contributed by atoms with van der Waals surface area (Å²) in [6.07, 6.45) is 1.80. The van der Waals surface area contributed by atoms with Gasteiger partial charge < -0.3 is 9.84 Å². The van der Waals surface area contributed by atoms with E-state index in [2.05, 4.69) is 41.5 Å². The zero-order valence-electron chi connectivity index (χ0n) is 10.6. The van der Waals surface area contributed by atoms with Gasteiger partial charge in [0.2, 0.25) is 0 Å². The Morgan fingerprint density at radius 2 is 1.71 bits per heavy atom. The average Bonchev–Trinajstić information content (AvgIpc) is 2.03.